The van der Waals surface area contributed by atoms with Crippen molar-refractivity contribution in [1.29, 1.82) is 0 Å². The Morgan fingerprint density at radius 1 is 1.20 bits per heavy atom. The maximum atomic E-state index is 14.0. The summed E-state index contributed by atoms with van der Waals surface area (Å²) < 4.78 is 39.7. The third-order valence-corrected chi connectivity index (χ3v) is 2.63. The zero-order valence-corrected chi connectivity index (χ0v) is 8.19. The van der Waals surface area contributed by atoms with Crippen LogP contribution in [0.2, 0.25) is 0 Å². The van der Waals surface area contributed by atoms with E-state index in [-0.39, 0.29) is 13.0 Å². The van der Waals surface area contributed by atoms with Gasteiger partial charge in [-0.2, -0.15) is 0 Å². The largest absolute Gasteiger partial charge is 0.313 e. The molecule has 0 amide bonds. The molecule has 1 saturated heterocycles. The minimum absolute atomic E-state index is 0.0642. The van der Waals surface area contributed by atoms with Gasteiger partial charge in [-0.3, -0.25) is 0 Å². The van der Waals surface area contributed by atoms with Gasteiger partial charge in [-0.15, -0.1) is 0 Å². The fourth-order valence-electron chi connectivity index (χ4n) is 1.94. The predicted octanol–water partition coefficient (Wildman–Crippen LogP) is 2.21. The molecule has 0 aliphatic carbocycles. The molecule has 0 spiro atoms. The Morgan fingerprint density at radius 3 is 2.40 bits per heavy atom. The van der Waals surface area contributed by atoms with Crippen LogP contribution in [0.5, 0.6) is 0 Å². The SMILES string of the molecule is Fc1cc(F)cc(CC2(F)CCNC2)c1. The molecule has 0 radical (unpaired) electrons. The van der Waals surface area contributed by atoms with Gasteiger partial charge in [0.05, 0.1) is 0 Å². The molecule has 1 aliphatic rings. The van der Waals surface area contributed by atoms with Gasteiger partial charge in [-0.05, 0) is 30.7 Å². The van der Waals surface area contributed by atoms with Gasteiger partial charge in [0.25, 0.3) is 0 Å². The first-order valence-corrected chi connectivity index (χ1v) is 4.92. The van der Waals surface area contributed by atoms with Gasteiger partial charge in [0.15, 0.2) is 0 Å². The molecule has 1 N–H and O–H groups in total. The van der Waals surface area contributed by atoms with Crippen LogP contribution in [0.3, 0.4) is 0 Å². The summed E-state index contributed by atoms with van der Waals surface area (Å²) in [6.07, 6.45) is 0.458. The first kappa shape index (κ1) is 10.5. The summed E-state index contributed by atoms with van der Waals surface area (Å²) in [5.41, 5.74) is -0.987. The van der Waals surface area contributed by atoms with Crippen LogP contribution in [0, 0.1) is 11.6 Å². The second-order valence-electron chi connectivity index (χ2n) is 4.03. The van der Waals surface area contributed by atoms with Crippen LogP contribution >= 0.6 is 0 Å². The lowest BCUT2D eigenvalue weighted by Gasteiger charge is -2.17. The highest BCUT2D eigenvalue weighted by Gasteiger charge is 2.33. The van der Waals surface area contributed by atoms with E-state index in [1.807, 2.05) is 0 Å². The van der Waals surface area contributed by atoms with Crippen molar-refractivity contribution >= 4 is 0 Å². The Kier molecular flexibility index (Phi) is 2.69. The molecular formula is C11H12F3N. The summed E-state index contributed by atoms with van der Waals surface area (Å²) in [5, 5.41) is 2.90. The zero-order chi connectivity index (χ0) is 10.9. The van der Waals surface area contributed by atoms with Gasteiger partial charge in [0, 0.05) is 19.0 Å². The molecule has 0 bridgehead atoms. The highest BCUT2D eigenvalue weighted by Crippen LogP contribution is 2.25. The molecule has 1 unspecified atom stereocenters. The van der Waals surface area contributed by atoms with Gasteiger partial charge >= 0.3 is 0 Å². The Balaban J connectivity index is 2.16. The Hall–Kier alpha value is -1.03. The lowest BCUT2D eigenvalue weighted by atomic mass is 9.95. The zero-order valence-electron chi connectivity index (χ0n) is 8.19. The summed E-state index contributed by atoms with van der Waals surface area (Å²) >= 11 is 0. The van der Waals surface area contributed by atoms with Crippen molar-refractivity contribution in [3.05, 3.63) is 35.4 Å². The van der Waals surface area contributed by atoms with Crippen molar-refractivity contribution in [2.24, 2.45) is 0 Å². The fourth-order valence-corrected chi connectivity index (χ4v) is 1.94. The van der Waals surface area contributed by atoms with E-state index in [0.29, 0.717) is 18.5 Å². The van der Waals surface area contributed by atoms with E-state index in [0.717, 1.165) is 6.07 Å². The summed E-state index contributed by atoms with van der Waals surface area (Å²) in [6.45, 7) is 0.874. The monoisotopic (exact) mass is 215 g/mol. The fraction of sp³-hybridized carbons (Fsp3) is 0.455. The number of benzene rings is 1. The van der Waals surface area contributed by atoms with E-state index in [2.05, 4.69) is 5.32 Å². The predicted molar refractivity (Wildman–Crippen MR) is 51.4 cm³/mol. The van der Waals surface area contributed by atoms with Crippen LogP contribution in [0.4, 0.5) is 13.2 Å². The number of nitrogens with one attached hydrogen (secondary N) is 1. The number of rotatable bonds is 2. The molecule has 1 heterocycles. The quantitative estimate of drug-likeness (QED) is 0.797. The molecule has 4 heteroatoms. The van der Waals surface area contributed by atoms with Gasteiger partial charge in [-0.25, -0.2) is 13.2 Å². The maximum Gasteiger partial charge on any atom is 0.128 e. The average molecular weight is 215 g/mol. The topological polar surface area (TPSA) is 12.0 Å². The third-order valence-electron chi connectivity index (χ3n) is 2.63. The van der Waals surface area contributed by atoms with E-state index in [9.17, 15) is 13.2 Å². The van der Waals surface area contributed by atoms with Crippen LogP contribution in [0.1, 0.15) is 12.0 Å². The van der Waals surface area contributed by atoms with E-state index in [4.69, 9.17) is 0 Å². The van der Waals surface area contributed by atoms with Crippen LogP contribution in [-0.4, -0.2) is 18.8 Å². The summed E-state index contributed by atoms with van der Waals surface area (Å²) in [4.78, 5) is 0. The van der Waals surface area contributed by atoms with Crippen molar-refractivity contribution in [3.63, 3.8) is 0 Å². The Morgan fingerprint density at radius 2 is 1.87 bits per heavy atom. The Labute approximate surface area is 86.3 Å². The van der Waals surface area contributed by atoms with Crippen LogP contribution in [-0.2, 0) is 6.42 Å². The van der Waals surface area contributed by atoms with Crippen molar-refractivity contribution in [2.45, 2.75) is 18.5 Å². The van der Waals surface area contributed by atoms with Crippen molar-refractivity contribution in [3.8, 4) is 0 Å². The molecule has 1 aromatic rings. The smallest absolute Gasteiger partial charge is 0.128 e. The number of hydrogen-bond donors (Lipinski definition) is 1. The highest BCUT2D eigenvalue weighted by molar-refractivity contribution is 5.20. The highest BCUT2D eigenvalue weighted by atomic mass is 19.1. The molecule has 0 aromatic heterocycles. The first-order chi connectivity index (χ1) is 7.07. The van der Waals surface area contributed by atoms with Gasteiger partial charge in [0.2, 0.25) is 0 Å². The molecule has 1 fully saturated rings. The molecule has 1 aliphatic heterocycles. The molecule has 2 rings (SSSR count). The lowest BCUT2D eigenvalue weighted by Crippen LogP contribution is -2.28. The van der Waals surface area contributed by atoms with E-state index < -0.39 is 17.3 Å². The second-order valence-corrected chi connectivity index (χ2v) is 4.03. The molecule has 1 nitrogen and oxygen atoms in total. The number of hydrogen-bond acceptors (Lipinski definition) is 1. The minimum atomic E-state index is -1.36. The maximum absolute atomic E-state index is 14.0. The average Bonchev–Trinajstić information content (AvgIpc) is 2.49. The molecular weight excluding hydrogens is 203 g/mol. The molecule has 0 saturated carbocycles. The molecule has 82 valence electrons. The second kappa shape index (κ2) is 3.85. The summed E-state index contributed by atoms with van der Waals surface area (Å²) in [7, 11) is 0. The van der Waals surface area contributed by atoms with E-state index in [1.165, 1.54) is 12.1 Å². The minimum Gasteiger partial charge on any atom is -0.313 e. The van der Waals surface area contributed by atoms with Gasteiger partial charge in [0.1, 0.15) is 17.3 Å². The van der Waals surface area contributed by atoms with Crippen LogP contribution in [0.15, 0.2) is 18.2 Å². The number of alkyl halides is 1. The van der Waals surface area contributed by atoms with Crippen molar-refractivity contribution in [1.82, 2.24) is 5.32 Å². The third kappa shape index (κ3) is 2.50. The molecule has 1 atom stereocenters. The van der Waals surface area contributed by atoms with Crippen molar-refractivity contribution in [2.75, 3.05) is 13.1 Å². The summed E-state index contributed by atoms with van der Waals surface area (Å²) in [5.74, 6) is -1.31. The molecule has 1 aromatic carbocycles. The Bertz CT molecular complexity index is 339. The van der Waals surface area contributed by atoms with Crippen LogP contribution < -0.4 is 5.32 Å². The normalized spacial score (nSPS) is 25.8. The van der Waals surface area contributed by atoms with E-state index in [1.54, 1.807) is 0 Å². The first-order valence-electron chi connectivity index (χ1n) is 4.92. The van der Waals surface area contributed by atoms with Gasteiger partial charge in [-0.1, -0.05) is 0 Å². The van der Waals surface area contributed by atoms with Crippen LogP contribution in [0.25, 0.3) is 0 Å². The van der Waals surface area contributed by atoms with E-state index >= 15 is 0 Å². The standard InChI is InChI=1S/C11H12F3N/c12-9-3-8(4-10(13)5-9)6-11(14)1-2-15-7-11/h3-5,15H,1-2,6-7H2. The van der Waals surface area contributed by atoms with Gasteiger partial charge < -0.3 is 5.32 Å². The number of halogens is 3. The van der Waals surface area contributed by atoms with Crippen molar-refractivity contribution < 1.29 is 13.2 Å². The lowest BCUT2D eigenvalue weighted by molar-refractivity contribution is 0.190. The summed E-state index contributed by atoms with van der Waals surface area (Å²) in [6, 6.07) is 3.16. The molecule has 15 heavy (non-hydrogen) atoms.